The van der Waals surface area contributed by atoms with Crippen LogP contribution in [0.25, 0.3) is 10.9 Å². The predicted molar refractivity (Wildman–Crippen MR) is 52.7 cm³/mol. The molecular weight excluding hydrogens is 196 g/mol. The normalized spacial score (nSPS) is 10.1. The monoisotopic (exact) mass is 204 g/mol. The van der Waals surface area contributed by atoms with Gasteiger partial charge in [0.2, 0.25) is 5.88 Å². The minimum absolute atomic E-state index is 0.294. The summed E-state index contributed by atoms with van der Waals surface area (Å²) in [6.07, 6.45) is 1.35. The highest BCUT2D eigenvalue weighted by Gasteiger charge is 2.05. The second-order valence-corrected chi connectivity index (χ2v) is 2.88. The Labute approximate surface area is 85.4 Å². The number of aromatic nitrogens is 2. The van der Waals surface area contributed by atoms with Crippen molar-refractivity contribution in [3.8, 4) is 5.88 Å². The van der Waals surface area contributed by atoms with Gasteiger partial charge in [-0.1, -0.05) is 12.1 Å². The summed E-state index contributed by atoms with van der Waals surface area (Å²) in [6, 6.07) is 7.26. The van der Waals surface area contributed by atoms with Crippen LogP contribution in [0, 0.1) is 0 Å². The molecular formula is C10H8N2O3. The fourth-order valence-corrected chi connectivity index (χ4v) is 1.23. The van der Waals surface area contributed by atoms with Gasteiger partial charge in [0.1, 0.15) is 6.33 Å². The molecule has 0 saturated heterocycles. The third kappa shape index (κ3) is 2.01. The van der Waals surface area contributed by atoms with Gasteiger partial charge in [-0.05, 0) is 12.1 Å². The number of aliphatic carboxylic acids is 1. The van der Waals surface area contributed by atoms with Crippen molar-refractivity contribution in [2.75, 3.05) is 6.61 Å². The zero-order valence-corrected chi connectivity index (χ0v) is 7.75. The maximum atomic E-state index is 10.3. The minimum atomic E-state index is -1.03. The average Bonchev–Trinajstić information content (AvgIpc) is 2.26. The molecule has 1 N–H and O–H groups in total. The molecule has 0 saturated carbocycles. The Morgan fingerprint density at radius 3 is 2.93 bits per heavy atom. The minimum Gasteiger partial charge on any atom is -0.479 e. The fourth-order valence-electron chi connectivity index (χ4n) is 1.23. The van der Waals surface area contributed by atoms with Crippen molar-refractivity contribution in [3.63, 3.8) is 0 Å². The van der Waals surface area contributed by atoms with Crippen molar-refractivity contribution < 1.29 is 14.6 Å². The first kappa shape index (κ1) is 9.39. The molecule has 0 atom stereocenters. The number of carboxylic acids is 1. The van der Waals surface area contributed by atoms with E-state index < -0.39 is 12.6 Å². The number of hydrogen-bond acceptors (Lipinski definition) is 4. The quantitative estimate of drug-likeness (QED) is 0.810. The molecule has 76 valence electrons. The van der Waals surface area contributed by atoms with E-state index in [2.05, 4.69) is 9.97 Å². The van der Waals surface area contributed by atoms with Crippen molar-refractivity contribution in [1.29, 1.82) is 0 Å². The molecule has 5 heteroatoms. The largest absolute Gasteiger partial charge is 0.479 e. The summed E-state index contributed by atoms with van der Waals surface area (Å²) in [5.74, 6) is -0.735. The second kappa shape index (κ2) is 3.91. The lowest BCUT2D eigenvalue weighted by molar-refractivity contribution is -0.139. The zero-order valence-electron chi connectivity index (χ0n) is 7.75. The van der Waals surface area contributed by atoms with Gasteiger partial charge < -0.3 is 9.84 Å². The molecule has 0 spiro atoms. The Balaban J connectivity index is 2.38. The third-order valence-electron chi connectivity index (χ3n) is 1.84. The molecule has 0 aliphatic carbocycles. The van der Waals surface area contributed by atoms with E-state index in [0.717, 1.165) is 5.52 Å². The van der Waals surface area contributed by atoms with Crippen LogP contribution in [0.5, 0.6) is 5.88 Å². The van der Waals surface area contributed by atoms with Crippen molar-refractivity contribution in [2.24, 2.45) is 0 Å². The van der Waals surface area contributed by atoms with E-state index in [9.17, 15) is 4.79 Å². The lowest BCUT2D eigenvalue weighted by atomic mass is 10.2. The topological polar surface area (TPSA) is 72.3 Å². The summed E-state index contributed by atoms with van der Waals surface area (Å²) >= 11 is 0. The van der Waals surface area contributed by atoms with E-state index in [1.54, 1.807) is 6.07 Å². The number of carbonyl (C=O) groups is 1. The van der Waals surface area contributed by atoms with Crippen molar-refractivity contribution in [3.05, 3.63) is 30.6 Å². The SMILES string of the molecule is O=C(O)COc1ncnc2ccccc12. The molecule has 0 aliphatic heterocycles. The molecule has 1 aromatic carbocycles. The lowest BCUT2D eigenvalue weighted by Gasteiger charge is -2.04. The third-order valence-corrected chi connectivity index (χ3v) is 1.84. The summed E-state index contributed by atoms with van der Waals surface area (Å²) in [5.41, 5.74) is 0.730. The first-order valence-corrected chi connectivity index (χ1v) is 4.32. The van der Waals surface area contributed by atoms with Crippen LogP contribution in [-0.2, 0) is 4.79 Å². The summed E-state index contributed by atoms with van der Waals surface area (Å²) < 4.78 is 5.03. The smallest absolute Gasteiger partial charge is 0.341 e. The number of nitrogens with zero attached hydrogens (tertiary/aromatic N) is 2. The van der Waals surface area contributed by atoms with Gasteiger partial charge in [0.15, 0.2) is 6.61 Å². The van der Waals surface area contributed by atoms with Crippen LogP contribution in [0.1, 0.15) is 0 Å². The molecule has 0 fully saturated rings. The molecule has 0 unspecified atom stereocenters. The first-order chi connectivity index (χ1) is 7.27. The number of carboxylic acid groups (broad SMARTS) is 1. The van der Waals surface area contributed by atoms with Gasteiger partial charge in [-0.3, -0.25) is 0 Å². The summed E-state index contributed by atoms with van der Waals surface area (Å²) in [6.45, 7) is -0.402. The maximum absolute atomic E-state index is 10.3. The summed E-state index contributed by atoms with van der Waals surface area (Å²) in [4.78, 5) is 18.3. The van der Waals surface area contributed by atoms with Crippen LogP contribution in [0.3, 0.4) is 0 Å². The molecule has 0 bridgehead atoms. The number of fused-ring (bicyclic) bond motifs is 1. The van der Waals surface area contributed by atoms with Crippen molar-refractivity contribution in [1.82, 2.24) is 9.97 Å². The van der Waals surface area contributed by atoms with Gasteiger partial charge in [0.05, 0.1) is 10.9 Å². The first-order valence-electron chi connectivity index (χ1n) is 4.32. The Morgan fingerprint density at radius 1 is 1.33 bits per heavy atom. The van der Waals surface area contributed by atoms with Gasteiger partial charge >= 0.3 is 5.97 Å². The van der Waals surface area contributed by atoms with Crippen LogP contribution < -0.4 is 4.74 Å². The molecule has 2 aromatic rings. The number of rotatable bonds is 3. The van der Waals surface area contributed by atoms with Crippen LogP contribution in [0.2, 0.25) is 0 Å². The molecule has 1 aromatic heterocycles. The molecule has 2 rings (SSSR count). The molecule has 0 amide bonds. The van der Waals surface area contributed by atoms with E-state index in [-0.39, 0.29) is 0 Å². The van der Waals surface area contributed by atoms with Crippen molar-refractivity contribution in [2.45, 2.75) is 0 Å². The van der Waals surface area contributed by atoms with Crippen LogP contribution in [0.15, 0.2) is 30.6 Å². The van der Waals surface area contributed by atoms with E-state index in [1.807, 2.05) is 18.2 Å². The number of benzene rings is 1. The van der Waals surface area contributed by atoms with Crippen LogP contribution in [-0.4, -0.2) is 27.7 Å². The molecule has 15 heavy (non-hydrogen) atoms. The maximum Gasteiger partial charge on any atom is 0.341 e. The van der Waals surface area contributed by atoms with Crippen LogP contribution >= 0.6 is 0 Å². The van der Waals surface area contributed by atoms with E-state index in [0.29, 0.717) is 11.3 Å². The highest BCUT2D eigenvalue weighted by Crippen LogP contribution is 2.20. The van der Waals surface area contributed by atoms with Crippen molar-refractivity contribution >= 4 is 16.9 Å². The zero-order chi connectivity index (χ0) is 10.7. The molecule has 1 heterocycles. The number of hydrogen-bond donors (Lipinski definition) is 1. The standard InChI is InChI=1S/C10H8N2O3/c13-9(14)5-15-10-7-3-1-2-4-8(7)11-6-12-10/h1-4,6H,5H2,(H,13,14). The highest BCUT2D eigenvalue weighted by molar-refractivity contribution is 5.83. The number of para-hydroxylation sites is 1. The summed E-state index contributed by atoms with van der Waals surface area (Å²) in [5, 5.41) is 9.19. The number of ether oxygens (including phenoxy) is 1. The fraction of sp³-hybridized carbons (Fsp3) is 0.100. The molecule has 5 nitrogen and oxygen atoms in total. The average molecular weight is 204 g/mol. The second-order valence-electron chi connectivity index (χ2n) is 2.88. The Bertz CT molecular complexity index is 493. The van der Waals surface area contributed by atoms with E-state index in [4.69, 9.17) is 9.84 Å². The van der Waals surface area contributed by atoms with Crippen LogP contribution in [0.4, 0.5) is 0 Å². The predicted octanol–water partition coefficient (Wildman–Crippen LogP) is 1.09. The Kier molecular flexibility index (Phi) is 2.45. The Hall–Kier alpha value is -2.17. The van der Waals surface area contributed by atoms with Gasteiger partial charge in [-0.2, -0.15) is 0 Å². The van der Waals surface area contributed by atoms with Gasteiger partial charge in [-0.25, -0.2) is 14.8 Å². The van der Waals surface area contributed by atoms with Gasteiger partial charge in [0, 0.05) is 0 Å². The van der Waals surface area contributed by atoms with E-state index in [1.165, 1.54) is 6.33 Å². The summed E-state index contributed by atoms with van der Waals surface area (Å²) in [7, 11) is 0. The van der Waals surface area contributed by atoms with Gasteiger partial charge in [0.25, 0.3) is 0 Å². The highest BCUT2D eigenvalue weighted by atomic mass is 16.5. The lowest BCUT2D eigenvalue weighted by Crippen LogP contribution is -2.10. The van der Waals surface area contributed by atoms with E-state index >= 15 is 0 Å². The Morgan fingerprint density at radius 2 is 2.13 bits per heavy atom. The molecule has 0 aliphatic rings. The van der Waals surface area contributed by atoms with Gasteiger partial charge in [-0.15, -0.1) is 0 Å². The molecule has 0 radical (unpaired) electrons.